The topological polar surface area (TPSA) is 24.5 Å². The molecule has 1 aromatic rings. The lowest BCUT2D eigenvalue weighted by Gasteiger charge is -2.20. The zero-order chi connectivity index (χ0) is 14.3. The summed E-state index contributed by atoms with van der Waals surface area (Å²) < 4.78 is 5.78. The van der Waals surface area contributed by atoms with Gasteiger partial charge in [0, 0.05) is 18.6 Å². The molecule has 108 valence electrons. The molecule has 0 aliphatic heterocycles. The standard InChI is InChI=1S/C16H28N2O/c1-6-18(5)10-11-19-15-9-7-8-14(12-15)13-17-16(2,3)4/h7-9,12,17H,6,10-11,13H2,1-5H3. The van der Waals surface area contributed by atoms with Crippen LogP contribution >= 0.6 is 0 Å². The molecule has 0 aliphatic carbocycles. The van der Waals surface area contributed by atoms with E-state index in [1.807, 2.05) is 6.07 Å². The first kappa shape index (κ1) is 16.0. The lowest BCUT2D eigenvalue weighted by atomic mass is 10.1. The Morgan fingerprint density at radius 3 is 2.63 bits per heavy atom. The monoisotopic (exact) mass is 264 g/mol. The van der Waals surface area contributed by atoms with E-state index in [9.17, 15) is 0 Å². The van der Waals surface area contributed by atoms with Crippen molar-refractivity contribution in [3.63, 3.8) is 0 Å². The Hall–Kier alpha value is -1.06. The predicted molar refractivity (Wildman–Crippen MR) is 81.7 cm³/mol. The van der Waals surface area contributed by atoms with Crippen molar-refractivity contribution in [1.82, 2.24) is 10.2 Å². The molecule has 0 bridgehead atoms. The second kappa shape index (κ2) is 7.51. The maximum Gasteiger partial charge on any atom is 0.119 e. The van der Waals surface area contributed by atoms with Crippen molar-refractivity contribution in [3.05, 3.63) is 29.8 Å². The number of hydrogen-bond donors (Lipinski definition) is 1. The van der Waals surface area contributed by atoms with E-state index in [-0.39, 0.29) is 5.54 Å². The first-order chi connectivity index (χ1) is 8.90. The summed E-state index contributed by atoms with van der Waals surface area (Å²) in [5.74, 6) is 0.956. The van der Waals surface area contributed by atoms with Gasteiger partial charge in [-0.25, -0.2) is 0 Å². The highest BCUT2D eigenvalue weighted by atomic mass is 16.5. The van der Waals surface area contributed by atoms with Crippen molar-refractivity contribution in [3.8, 4) is 5.75 Å². The summed E-state index contributed by atoms with van der Waals surface area (Å²) >= 11 is 0. The fourth-order valence-corrected chi connectivity index (χ4v) is 1.59. The van der Waals surface area contributed by atoms with Crippen molar-refractivity contribution in [2.75, 3.05) is 26.7 Å². The summed E-state index contributed by atoms with van der Waals surface area (Å²) in [6.07, 6.45) is 0. The quantitative estimate of drug-likeness (QED) is 0.819. The lowest BCUT2D eigenvalue weighted by Crippen LogP contribution is -2.35. The molecule has 1 N–H and O–H groups in total. The molecule has 3 heteroatoms. The maximum atomic E-state index is 5.78. The van der Waals surface area contributed by atoms with Crippen LogP contribution in [0.25, 0.3) is 0 Å². The number of ether oxygens (including phenoxy) is 1. The van der Waals surface area contributed by atoms with Gasteiger partial charge in [0.1, 0.15) is 12.4 Å². The Balaban J connectivity index is 2.43. The van der Waals surface area contributed by atoms with Crippen LogP contribution in [-0.2, 0) is 6.54 Å². The number of nitrogens with one attached hydrogen (secondary N) is 1. The average molecular weight is 264 g/mol. The van der Waals surface area contributed by atoms with Gasteiger partial charge in [-0.05, 0) is 52.1 Å². The summed E-state index contributed by atoms with van der Waals surface area (Å²) in [4.78, 5) is 2.24. The van der Waals surface area contributed by atoms with E-state index < -0.39 is 0 Å². The molecule has 0 atom stereocenters. The number of hydrogen-bond acceptors (Lipinski definition) is 3. The van der Waals surface area contributed by atoms with E-state index in [4.69, 9.17) is 4.74 Å². The molecule has 0 aliphatic rings. The summed E-state index contributed by atoms with van der Waals surface area (Å²) in [6, 6.07) is 8.32. The molecule has 0 unspecified atom stereocenters. The zero-order valence-electron chi connectivity index (χ0n) is 13.0. The van der Waals surface area contributed by atoms with Crippen molar-refractivity contribution in [1.29, 1.82) is 0 Å². The van der Waals surface area contributed by atoms with Crippen molar-refractivity contribution >= 4 is 0 Å². The van der Waals surface area contributed by atoms with Gasteiger partial charge in [0.2, 0.25) is 0 Å². The maximum absolute atomic E-state index is 5.78. The molecule has 0 saturated heterocycles. The minimum atomic E-state index is 0.140. The summed E-state index contributed by atoms with van der Waals surface area (Å²) in [5, 5.41) is 3.49. The van der Waals surface area contributed by atoms with Crippen LogP contribution in [0.5, 0.6) is 5.75 Å². The minimum absolute atomic E-state index is 0.140. The average Bonchev–Trinajstić information content (AvgIpc) is 2.36. The van der Waals surface area contributed by atoms with Gasteiger partial charge in [-0.3, -0.25) is 0 Å². The smallest absolute Gasteiger partial charge is 0.119 e. The molecule has 1 aromatic carbocycles. The third kappa shape index (κ3) is 7.19. The van der Waals surface area contributed by atoms with Crippen LogP contribution in [-0.4, -0.2) is 37.2 Å². The van der Waals surface area contributed by atoms with Gasteiger partial charge in [-0.15, -0.1) is 0 Å². The molecule has 0 aromatic heterocycles. The summed E-state index contributed by atoms with van der Waals surface area (Å²) in [6.45, 7) is 12.3. The molecular weight excluding hydrogens is 236 g/mol. The van der Waals surface area contributed by atoms with Crippen LogP contribution < -0.4 is 10.1 Å². The Morgan fingerprint density at radius 1 is 1.26 bits per heavy atom. The molecule has 3 nitrogen and oxygen atoms in total. The number of benzene rings is 1. The highest BCUT2D eigenvalue weighted by molar-refractivity contribution is 5.28. The minimum Gasteiger partial charge on any atom is -0.492 e. The predicted octanol–water partition coefficient (Wildman–Crippen LogP) is 2.91. The third-order valence-corrected chi connectivity index (χ3v) is 3.00. The molecular formula is C16H28N2O. The highest BCUT2D eigenvalue weighted by Crippen LogP contribution is 2.14. The molecule has 0 amide bonds. The highest BCUT2D eigenvalue weighted by Gasteiger charge is 2.08. The van der Waals surface area contributed by atoms with E-state index >= 15 is 0 Å². The van der Waals surface area contributed by atoms with Crippen molar-refractivity contribution in [2.45, 2.75) is 39.8 Å². The Labute approximate surface area is 118 Å². The SMILES string of the molecule is CCN(C)CCOc1cccc(CNC(C)(C)C)c1. The van der Waals surface area contributed by atoms with Gasteiger partial charge in [-0.1, -0.05) is 19.1 Å². The van der Waals surface area contributed by atoms with Gasteiger partial charge < -0.3 is 15.0 Å². The number of nitrogens with zero attached hydrogens (tertiary/aromatic N) is 1. The first-order valence-corrected chi connectivity index (χ1v) is 7.06. The number of rotatable bonds is 7. The largest absolute Gasteiger partial charge is 0.492 e. The molecule has 0 heterocycles. The Kier molecular flexibility index (Phi) is 6.32. The van der Waals surface area contributed by atoms with Gasteiger partial charge >= 0.3 is 0 Å². The van der Waals surface area contributed by atoms with Crippen LogP contribution in [0.4, 0.5) is 0 Å². The van der Waals surface area contributed by atoms with E-state index in [2.05, 4.69) is 63.2 Å². The van der Waals surface area contributed by atoms with Crippen LogP contribution in [0.15, 0.2) is 24.3 Å². The fourth-order valence-electron chi connectivity index (χ4n) is 1.59. The fraction of sp³-hybridized carbons (Fsp3) is 0.625. The Morgan fingerprint density at radius 2 is 2.00 bits per heavy atom. The zero-order valence-corrected chi connectivity index (χ0v) is 13.0. The summed E-state index contributed by atoms with van der Waals surface area (Å²) in [7, 11) is 2.10. The van der Waals surface area contributed by atoms with Crippen LogP contribution in [0.3, 0.4) is 0 Å². The number of likely N-dealkylation sites (N-methyl/N-ethyl adjacent to an activating group) is 1. The van der Waals surface area contributed by atoms with Gasteiger partial charge in [0.05, 0.1) is 0 Å². The second-order valence-corrected chi connectivity index (χ2v) is 6.00. The van der Waals surface area contributed by atoms with Crippen LogP contribution in [0.2, 0.25) is 0 Å². The molecule has 0 radical (unpaired) electrons. The van der Waals surface area contributed by atoms with E-state index in [0.717, 1.165) is 32.0 Å². The van der Waals surface area contributed by atoms with E-state index in [1.54, 1.807) is 0 Å². The first-order valence-electron chi connectivity index (χ1n) is 7.06. The molecule has 0 fully saturated rings. The van der Waals surface area contributed by atoms with Crippen molar-refractivity contribution in [2.24, 2.45) is 0 Å². The van der Waals surface area contributed by atoms with Gasteiger partial charge in [-0.2, -0.15) is 0 Å². The molecule has 0 spiro atoms. The second-order valence-electron chi connectivity index (χ2n) is 6.00. The van der Waals surface area contributed by atoms with E-state index in [0.29, 0.717) is 0 Å². The lowest BCUT2D eigenvalue weighted by molar-refractivity contribution is 0.243. The van der Waals surface area contributed by atoms with Crippen LogP contribution in [0.1, 0.15) is 33.3 Å². The van der Waals surface area contributed by atoms with Gasteiger partial charge in [0.25, 0.3) is 0 Å². The normalized spacial score (nSPS) is 11.9. The molecule has 0 saturated carbocycles. The molecule has 19 heavy (non-hydrogen) atoms. The molecule has 1 rings (SSSR count). The Bertz CT molecular complexity index is 371. The van der Waals surface area contributed by atoms with E-state index in [1.165, 1.54) is 5.56 Å². The van der Waals surface area contributed by atoms with Crippen molar-refractivity contribution < 1.29 is 4.74 Å². The van der Waals surface area contributed by atoms with Gasteiger partial charge in [0.15, 0.2) is 0 Å². The van der Waals surface area contributed by atoms with Crippen LogP contribution in [0, 0.1) is 0 Å². The summed E-state index contributed by atoms with van der Waals surface area (Å²) in [5.41, 5.74) is 1.40. The third-order valence-electron chi connectivity index (χ3n) is 3.00.